The lowest BCUT2D eigenvalue weighted by Crippen LogP contribution is -2.23. The highest BCUT2D eigenvalue weighted by Gasteiger charge is 2.12. The third-order valence-corrected chi connectivity index (χ3v) is 4.00. The predicted octanol–water partition coefficient (Wildman–Crippen LogP) is 3.05. The Bertz CT molecular complexity index is 786. The maximum absolute atomic E-state index is 12.3. The molecule has 0 aliphatic carbocycles. The van der Waals surface area contributed by atoms with Crippen molar-refractivity contribution in [1.29, 1.82) is 0 Å². The molecule has 0 saturated heterocycles. The number of carbonyl (C=O) groups is 1. The topological polar surface area (TPSA) is 66.9 Å². The number of aromatic nitrogens is 2. The third kappa shape index (κ3) is 3.07. The first-order valence-corrected chi connectivity index (χ1v) is 7.95. The Morgan fingerprint density at radius 3 is 2.95 bits per heavy atom. The Balaban J connectivity index is 1.95. The first-order chi connectivity index (χ1) is 10.8. The van der Waals surface area contributed by atoms with Crippen LogP contribution in [0.5, 0.6) is 0 Å². The Kier molecular flexibility index (Phi) is 4.29. The number of pyridine rings is 1. The van der Waals surface area contributed by atoms with Gasteiger partial charge in [0.15, 0.2) is 0 Å². The van der Waals surface area contributed by atoms with Crippen LogP contribution in [0, 0.1) is 0 Å². The number of benzene rings is 1. The molecule has 112 valence electrons. The molecular weight excluding hydrogens is 296 g/mol. The van der Waals surface area contributed by atoms with Crippen LogP contribution in [-0.2, 0) is 6.54 Å². The molecule has 0 aliphatic heterocycles. The minimum atomic E-state index is -0.0815. The number of hydrogen-bond donors (Lipinski definition) is 2. The van der Waals surface area contributed by atoms with Gasteiger partial charge in [-0.25, -0.2) is 4.98 Å². The van der Waals surface area contributed by atoms with Crippen molar-refractivity contribution in [2.75, 3.05) is 11.9 Å². The quantitative estimate of drug-likeness (QED) is 0.760. The summed E-state index contributed by atoms with van der Waals surface area (Å²) in [5.74, 6) is 0.607. The zero-order valence-electron chi connectivity index (χ0n) is 12.2. The molecule has 22 heavy (non-hydrogen) atoms. The second kappa shape index (κ2) is 6.53. The number of fused-ring (bicyclic) bond motifs is 1. The van der Waals surface area contributed by atoms with Crippen LogP contribution in [0.15, 0.2) is 42.0 Å². The van der Waals surface area contributed by atoms with Crippen molar-refractivity contribution in [2.45, 2.75) is 13.5 Å². The molecule has 1 amide bonds. The minimum absolute atomic E-state index is 0.0815. The minimum Gasteiger partial charge on any atom is -0.365 e. The molecule has 3 rings (SSSR count). The largest absolute Gasteiger partial charge is 0.365 e. The van der Waals surface area contributed by atoms with E-state index in [0.29, 0.717) is 24.5 Å². The van der Waals surface area contributed by atoms with Crippen LogP contribution in [0.2, 0.25) is 0 Å². The van der Waals surface area contributed by atoms with E-state index in [1.54, 1.807) is 22.9 Å². The molecule has 1 aromatic carbocycles. The molecule has 5 nitrogen and oxygen atoms in total. The van der Waals surface area contributed by atoms with Gasteiger partial charge in [-0.1, -0.05) is 18.2 Å². The summed E-state index contributed by atoms with van der Waals surface area (Å²) in [7, 11) is 0. The Hall–Kier alpha value is -2.47. The van der Waals surface area contributed by atoms with Gasteiger partial charge in [-0.15, -0.1) is 11.3 Å². The number of nitrogens with zero attached hydrogens (tertiary/aromatic N) is 2. The summed E-state index contributed by atoms with van der Waals surface area (Å²) in [4.78, 5) is 22.0. The van der Waals surface area contributed by atoms with Gasteiger partial charge in [0.2, 0.25) is 0 Å². The highest BCUT2D eigenvalue weighted by atomic mass is 32.1. The van der Waals surface area contributed by atoms with Gasteiger partial charge in [0.25, 0.3) is 5.91 Å². The van der Waals surface area contributed by atoms with E-state index in [1.807, 2.05) is 37.4 Å². The molecule has 0 bridgehead atoms. The average Bonchev–Trinajstić information content (AvgIpc) is 3.06. The third-order valence-electron chi connectivity index (χ3n) is 3.23. The van der Waals surface area contributed by atoms with Gasteiger partial charge in [-0.2, -0.15) is 0 Å². The lowest BCUT2D eigenvalue weighted by Gasteiger charge is -2.10. The van der Waals surface area contributed by atoms with Crippen molar-refractivity contribution in [3.05, 3.63) is 52.5 Å². The molecule has 0 fully saturated rings. The second-order valence-corrected chi connectivity index (χ2v) is 5.72. The molecule has 0 radical (unpaired) electrons. The van der Waals surface area contributed by atoms with E-state index in [4.69, 9.17) is 0 Å². The molecule has 6 heteroatoms. The number of para-hydroxylation sites is 1. The number of carbonyl (C=O) groups excluding carboxylic acids is 1. The predicted molar refractivity (Wildman–Crippen MR) is 89.2 cm³/mol. The fourth-order valence-corrected chi connectivity index (χ4v) is 2.75. The van der Waals surface area contributed by atoms with Crippen LogP contribution in [-0.4, -0.2) is 22.4 Å². The van der Waals surface area contributed by atoms with E-state index < -0.39 is 0 Å². The molecular formula is C16H16N4OS. The number of nitrogens with one attached hydrogen (secondary N) is 2. The standard InChI is InChI=1S/C16H16N4OS/c1-2-18-16(21)13-7-15(19-9-11-8-17-10-22-11)20-14-6-4-3-5-12(13)14/h3-8,10H,2,9H2,1H3,(H,18,21)(H,19,20). The summed E-state index contributed by atoms with van der Waals surface area (Å²) in [5.41, 5.74) is 3.24. The first kappa shape index (κ1) is 14.5. The fraction of sp³-hybridized carbons (Fsp3) is 0.188. The van der Waals surface area contributed by atoms with Crippen LogP contribution in [0.1, 0.15) is 22.2 Å². The van der Waals surface area contributed by atoms with Gasteiger partial charge in [0.1, 0.15) is 5.82 Å². The van der Waals surface area contributed by atoms with Gasteiger partial charge >= 0.3 is 0 Å². The molecule has 0 aliphatic rings. The van der Waals surface area contributed by atoms with Crippen molar-refractivity contribution >= 4 is 34.0 Å². The van der Waals surface area contributed by atoms with E-state index in [9.17, 15) is 4.79 Å². The lowest BCUT2D eigenvalue weighted by atomic mass is 10.1. The van der Waals surface area contributed by atoms with E-state index >= 15 is 0 Å². The van der Waals surface area contributed by atoms with E-state index in [1.165, 1.54) is 0 Å². The Morgan fingerprint density at radius 2 is 2.18 bits per heavy atom. The normalized spacial score (nSPS) is 10.6. The second-order valence-electron chi connectivity index (χ2n) is 4.75. The SMILES string of the molecule is CCNC(=O)c1cc(NCc2cncs2)nc2ccccc12. The molecule has 0 unspecified atom stereocenters. The first-order valence-electron chi connectivity index (χ1n) is 7.07. The highest BCUT2D eigenvalue weighted by Crippen LogP contribution is 2.21. The van der Waals surface area contributed by atoms with E-state index in [0.717, 1.165) is 15.8 Å². The molecule has 0 spiro atoms. The van der Waals surface area contributed by atoms with Crippen molar-refractivity contribution in [2.24, 2.45) is 0 Å². The van der Waals surface area contributed by atoms with Gasteiger partial charge in [0.05, 0.1) is 23.1 Å². The number of thiazole rings is 1. The summed E-state index contributed by atoms with van der Waals surface area (Å²) in [6, 6.07) is 9.46. The van der Waals surface area contributed by atoms with E-state index in [2.05, 4.69) is 20.6 Å². The maximum atomic E-state index is 12.3. The van der Waals surface area contributed by atoms with Crippen LogP contribution in [0.4, 0.5) is 5.82 Å². The highest BCUT2D eigenvalue weighted by molar-refractivity contribution is 7.09. The van der Waals surface area contributed by atoms with Crippen LogP contribution in [0.25, 0.3) is 10.9 Å². The monoisotopic (exact) mass is 312 g/mol. The van der Waals surface area contributed by atoms with Crippen LogP contribution < -0.4 is 10.6 Å². The summed E-state index contributed by atoms with van der Waals surface area (Å²) >= 11 is 1.58. The van der Waals surface area contributed by atoms with Gasteiger partial charge in [-0.3, -0.25) is 9.78 Å². The molecule has 2 heterocycles. The maximum Gasteiger partial charge on any atom is 0.252 e. The Labute approximate surface area is 132 Å². The summed E-state index contributed by atoms with van der Waals surface area (Å²) in [6.45, 7) is 3.15. The van der Waals surface area contributed by atoms with Crippen molar-refractivity contribution < 1.29 is 4.79 Å². The number of amides is 1. The van der Waals surface area contributed by atoms with Crippen LogP contribution in [0.3, 0.4) is 0 Å². The van der Waals surface area contributed by atoms with Crippen molar-refractivity contribution in [1.82, 2.24) is 15.3 Å². The average molecular weight is 312 g/mol. The summed E-state index contributed by atoms with van der Waals surface area (Å²) in [6.07, 6.45) is 1.82. The zero-order chi connectivity index (χ0) is 15.4. The lowest BCUT2D eigenvalue weighted by molar-refractivity contribution is 0.0957. The van der Waals surface area contributed by atoms with Gasteiger partial charge < -0.3 is 10.6 Å². The zero-order valence-corrected chi connectivity index (χ0v) is 13.0. The molecule has 3 aromatic rings. The van der Waals surface area contributed by atoms with Crippen molar-refractivity contribution in [3.63, 3.8) is 0 Å². The van der Waals surface area contributed by atoms with E-state index in [-0.39, 0.29) is 5.91 Å². The number of hydrogen-bond acceptors (Lipinski definition) is 5. The Morgan fingerprint density at radius 1 is 1.32 bits per heavy atom. The smallest absolute Gasteiger partial charge is 0.252 e. The number of rotatable bonds is 5. The molecule has 0 saturated carbocycles. The number of anilines is 1. The van der Waals surface area contributed by atoms with Gasteiger partial charge in [-0.05, 0) is 19.1 Å². The molecule has 0 atom stereocenters. The summed E-state index contributed by atoms with van der Waals surface area (Å²) in [5, 5.41) is 6.96. The van der Waals surface area contributed by atoms with Crippen molar-refractivity contribution in [3.8, 4) is 0 Å². The van der Waals surface area contributed by atoms with Crippen LogP contribution >= 0.6 is 11.3 Å². The molecule has 2 N–H and O–H groups in total. The van der Waals surface area contributed by atoms with Gasteiger partial charge in [0, 0.05) is 23.0 Å². The fourth-order valence-electron chi connectivity index (χ4n) is 2.22. The summed E-state index contributed by atoms with van der Waals surface area (Å²) < 4.78 is 0. The molecule has 2 aromatic heterocycles.